The van der Waals surface area contributed by atoms with Gasteiger partial charge in [-0.3, -0.25) is 0 Å². The lowest BCUT2D eigenvalue weighted by Gasteiger charge is -2.10. The van der Waals surface area contributed by atoms with E-state index in [0.717, 1.165) is 18.2 Å². The van der Waals surface area contributed by atoms with Crippen LogP contribution in [0.1, 0.15) is 11.1 Å². The number of halogens is 3. The summed E-state index contributed by atoms with van der Waals surface area (Å²) in [5, 5.41) is 0. The van der Waals surface area contributed by atoms with Gasteiger partial charge in [-0.2, -0.15) is 0 Å². The number of rotatable bonds is 2. The van der Waals surface area contributed by atoms with Crippen LogP contribution in [-0.2, 0) is 6.54 Å². The Morgan fingerprint density at radius 3 is 2.33 bits per heavy atom. The molecule has 0 saturated carbocycles. The minimum atomic E-state index is -0.589. The zero-order chi connectivity index (χ0) is 13.3. The first-order valence-electron chi connectivity index (χ1n) is 5.47. The molecule has 0 amide bonds. The molecule has 94 valence electrons. The van der Waals surface area contributed by atoms with Crippen LogP contribution < -0.4 is 5.73 Å². The summed E-state index contributed by atoms with van der Waals surface area (Å²) in [4.78, 5) is 0. The van der Waals surface area contributed by atoms with E-state index in [-0.39, 0.29) is 23.2 Å². The Labute approximate surface area is 103 Å². The number of hydrogen-bond donors (Lipinski definition) is 1. The molecule has 0 spiro atoms. The zero-order valence-corrected chi connectivity index (χ0v) is 9.81. The van der Waals surface area contributed by atoms with Gasteiger partial charge in [-0.25, -0.2) is 13.2 Å². The van der Waals surface area contributed by atoms with Crippen molar-refractivity contribution >= 4 is 0 Å². The largest absolute Gasteiger partial charge is 0.326 e. The Morgan fingerprint density at radius 2 is 1.67 bits per heavy atom. The molecule has 1 nitrogen and oxygen atoms in total. The highest BCUT2D eigenvalue weighted by Crippen LogP contribution is 2.29. The normalized spacial score (nSPS) is 10.7. The van der Waals surface area contributed by atoms with E-state index in [1.54, 1.807) is 0 Å². The van der Waals surface area contributed by atoms with E-state index >= 15 is 0 Å². The molecule has 0 aliphatic heterocycles. The van der Waals surface area contributed by atoms with Gasteiger partial charge in [0, 0.05) is 12.1 Å². The monoisotopic (exact) mass is 251 g/mol. The van der Waals surface area contributed by atoms with Gasteiger partial charge in [-0.1, -0.05) is 6.07 Å². The lowest BCUT2D eigenvalue weighted by molar-refractivity contribution is 0.594. The molecule has 2 aromatic carbocycles. The molecule has 0 saturated heterocycles. The SMILES string of the molecule is Cc1cc(F)c(-c2cc(F)ccc2CN)cc1F. The smallest absolute Gasteiger partial charge is 0.131 e. The summed E-state index contributed by atoms with van der Waals surface area (Å²) in [6.45, 7) is 1.60. The predicted octanol–water partition coefficient (Wildman–Crippen LogP) is 3.54. The summed E-state index contributed by atoms with van der Waals surface area (Å²) in [6.07, 6.45) is 0. The third kappa shape index (κ3) is 2.24. The van der Waals surface area contributed by atoms with Crippen LogP contribution in [0.3, 0.4) is 0 Å². The van der Waals surface area contributed by atoms with E-state index in [2.05, 4.69) is 0 Å². The topological polar surface area (TPSA) is 26.0 Å². The summed E-state index contributed by atoms with van der Waals surface area (Å²) >= 11 is 0. The average molecular weight is 251 g/mol. The number of benzene rings is 2. The Morgan fingerprint density at radius 1 is 0.944 bits per heavy atom. The van der Waals surface area contributed by atoms with Crippen molar-refractivity contribution in [3.63, 3.8) is 0 Å². The summed E-state index contributed by atoms with van der Waals surface area (Å²) in [6, 6.07) is 6.04. The molecule has 4 heteroatoms. The molecule has 0 fully saturated rings. The first-order valence-corrected chi connectivity index (χ1v) is 5.47. The van der Waals surface area contributed by atoms with Crippen LogP contribution in [0.4, 0.5) is 13.2 Å². The van der Waals surface area contributed by atoms with Gasteiger partial charge in [0.2, 0.25) is 0 Å². The van der Waals surface area contributed by atoms with Crippen LogP contribution in [0, 0.1) is 24.4 Å². The van der Waals surface area contributed by atoms with Crippen LogP contribution in [0.25, 0.3) is 11.1 Å². The predicted molar refractivity (Wildman–Crippen MR) is 64.4 cm³/mol. The van der Waals surface area contributed by atoms with Crippen LogP contribution in [-0.4, -0.2) is 0 Å². The fourth-order valence-corrected chi connectivity index (χ4v) is 1.83. The number of aryl methyl sites for hydroxylation is 1. The fraction of sp³-hybridized carbons (Fsp3) is 0.143. The van der Waals surface area contributed by atoms with Crippen molar-refractivity contribution in [1.29, 1.82) is 0 Å². The van der Waals surface area contributed by atoms with Gasteiger partial charge in [0.25, 0.3) is 0 Å². The van der Waals surface area contributed by atoms with Gasteiger partial charge in [0.15, 0.2) is 0 Å². The van der Waals surface area contributed by atoms with Crippen molar-refractivity contribution < 1.29 is 13.2 Å². The first kappa shape index (κ1) is 12.6. The molecule has 18 heavy (non-hydrogen) atoms. The molecule has 0 aliphatic carbocycles. The van der Waals surface area contributed by atoms with E-state index in [4.69, 9.17) is 5.73 Å². The standard InChI is InChI=1S/C14H12F3N/c1-8-4-14(17)12(6-13(8)16)11-5-10(15)3-2-9(11)7-18/h2-6H,7,18H2,1H3. The second-order valence-corrected chi connectivity index (χ2v) is 4.09. The van der Waals surface area contributed by atoms with Crippen molar-refractivity contribution in [3.8, 4) is 11.1 Å². The van der Waals surface area contributed by atoms with E-state index in [0.29, 0.717) is 5.56 Å². The van der Waals surface area contributed by atoms with Crippen molar-refractivity contribution in [1.82, 2.24) is 0 Å². The third-order valence-corrected chi connectivity index (χ3v) is 2.83. The Hall–Kier alpha value is -1.81. The van der Waals surface area contributed by atoms with Gasteiger partial charge in [-0.15, -0.1) is 0 Å². The van der Waals surface area contributed by atoms with Gasteiger partial charge >= 0.3 is 0 Å². The maximum Gasteiger partial charge on any atom is 0.131 e. The zero-order valence-electron chi connectivity index (χ0n) is 9.81. The second kappa shape index (κ2) is 4.82. The molecular formula is C14H12F3N. The van der Waals surface area contributed by atoms with Gasteiger partial charge in [0.05, 0.1) is 0 Å². The number of nitrogens with two attached hydrogens (primary N) is 1. The quantitative estimate of drug-likeness (QED) is 0.868. The minimum Gasteiger partial charge on any atom is -0.326 e. The highest BCUT2D eigenvalue weighted by molar-refractivity contribution is 5.68. The fourth-order valence-electron chi connectivity index (χ4n) is 1.83. The van der Waals surface area contributed by atoms with E-state index < -0.39 is 17.5 Å². The molecule has 0 radical (unpaired) electrons. The molecule has 0 aromatic heterocycles. The third-order valence-electron chi connectivity index (χ3n) is 2.83. The van der Waals surface area contributed by atoms with E-state index in [9.17, 15) is 13.2 Å². The van der Waals surface area contributed by atoms with Crippen LogP contribution in [0.15, 0.2) is 30.3 Å². The first-order chi connectivity index (χ1) is 8.52. The summed E-state index contributed by atoms with van der Waals surface area (Å²) in [5.41, 5.74) is 6.61. The minimum absolute atomic E-state index is 0.0260. The molecule has 0 aliphatic rings. The highest BCUT2D eigenvalue weighted by atomic mass is 19.1. The highest BCUT2D eigenvalue weighted by Gasteiger charge is 2.13. The Kier molecular flexibility index (Phi) is 3.39. The lowest BCUT2D eigenvalue weighted by Crippen LogP contribution is -2.01. The lowest BCUT2D eigenvalue weighted by atomic mass is 9.98. The van der Waals surface area contributed by atoms with Crippen molar-refractivity contribution in [2.24, 2.45) is 5.73 Å². The maximum atomic E-state index is 13.8. The van der Waals surface area contributed by atoms with Crippen molar-refractivity contribution in [2.75, 3.05) is 0 Å². The summed E-state index contributed by atoms with van der Waals surface area (Å²) in [5.74, 6) is -1.63. The van der Waals surface area contributed by atoms with Gasteiger partial charge in [0.1, 0.15) is 17.5 Å². The Bertz CT molecular complexity index is 594. The van der Waals surface area contributed by atoms with Crippen LogP contribution in [0.2, 0.25) is 0 Å². The molecular weight excluding hydrogens is 239 g/mol. The number of hydrogen-bond acceptors (Lipinski definition) is 1. The molecule has 0 unspecified atom stereocenters. The average Bonchev–Trinajstić information content (AvgIpc) is 2.34. The summed E-state index contributed by atoms with van der Waals surface area (Å²) < 4.78 is 40.5. The van der Waals surface area contributed by atoms with Crippen LogP contribution in [0.5, 0.6) is 0 Å². The van der Waals surface area contributed by atoms with Crippen molar-refractivity contribution in [2.45, 2.75) is 13.5 Å². The van der Waals surface area contributed by atoms with Crippen LogP contribution >= 0.6 is 0 Å². The van der Waals surface area contributed by atoms with Gasteiger partial charge in [-0.05, 0) is 47.9 Å². The van der Waals surface area contributed by atoms with E-state index in [1.807, 2.05) is 0 Å². The van der Waals surface area contributed by atoms with Crippen molar-refractivity contribution in [3.05, 3.63) is 58.9 Å². The van der Waals surface area contributed by atoms with Gasteiger partial charge < -0.3 is 5.73 Å². The summed E-state index contributed by atoms with van der Waals surface area (Å²) in [7, 11) is 0. The molecule has 2 rings (SSSR count). The molecule has 0 atom stereocenters. The molecule has 2 N–H and O–H groups in total. The molecule has 0 bridgehead atoms. The molecule has 2 aromatic rings. The second-order valence-electron chi connectivity index (χ2n) is 4.09. The van der Waals surface area contributed by atoms with E-state index in [1.165, 1.54) is 19.1 Å². The molecule has 0 heterocycles. The maximum absolute atomic E-state index is 13.8. The Balaban J connectivity index is 2.68.